The molecule has 0 aliphatic carbocycles. The standard InChI is InChI=1S/C11H12N2O3/c12-11(16)9-5-7-3-1-2-4-8(7)13(9)6-10(14)15/h1-4,9H,5-6H2,(H2,12,16)(H,14,15)/t9-/m0/s1. The fourth-order valence-corrected chi connectivity index (χ4v) is 2.05. The van der Waals surface area contributed by atoms with Crippen LogP contribution in [-0.4, -0.2) is 29.6 Å². The first-order valence-corrected chi connectivity index (χ1v) is 4.95. The SMILES string of the molecule is NC(=O)[C@@H]1Cc2ccccc2N1CC(=O)O. The van der Waals surface area contributed by atoms with Gasteiger partial charge in [0.25, 0.3) is 0 Å². The molecule has 0 radical (unpaired) electrons. The van der Waals surface area contributed by atoms with Crippen LogP contribution in [0.2, 0.25) is 0 Å². The summed E-state index contributed by atoms with van der Waals surface area (Å²) in [5, 5.41) is 8.81. The number of nitrogens with two attached hydrogens (primary N) is 1. The zero-order valence-corrected chi connectivity index (χ0v) is 8.59. The number of carboxylic acids is 1. The predicted octanol–water partition coefficient (Wildman–Crippen LogP) is -0.0124. The third kappa shape index (κ3) is 1.71. The molecule has 2 rings (SSSR count). The van der Waals surface area contributed by atoms with Crippen molar-refractivity contribution in [2.24, 2.45) is 5.73 Å². The normalized spacial score (nSPS) is 18.2. The van der Waals surface area contributed by atoms with Gasteiger partial charge in [-0.1, -0.05) is 18.2 Å². The summed E-state index contributed by atoms with van der Waals surface area (Å²) < 4.78 is 0. The number of carbonyl (C=O) groups excluding carboxylic acids is 1. The average Bonchev–Trinajstić information content (AvgIpc) is 2.57. The number of para-hydroxylation sites is 1. The van der Waals surface area contributed by atoms with E-state index in [0.29, 0.717) is 6.42 Å². The van der Waals surface area contributed by atoms with Gasteiger partial charge in [0.1, 0.15) is 12.6 Å². The molecule has 84 valence electrons. The van der Waals surface area contributed by atoms with Gasteiger partial charge in [0, 0.05) is 12.1 Å². The van der Waals surface area contributed by atoms with Crippen molar-refractivity contribution in [1.29, 1.82) is 0 Å². The van der Waals surface area contributed by atoms with Crippen LogP contribution in [0, 0.1) is 0 Å². The molecule has 1 aromatic rings. The third-order valence-corrected chi connectivity index (χ3v) is 2.72. The van der Waals surface area contributed by atoms with E-state index in [-0.39, 0.29) is 6.54 Å². The molecule has 16 heavy (non-hydrogen) atoms. The Labute approximate surface area is 92.5 Å². The van der Waals surface area contributed by atoms with Crippen molar-refractivity contribution in [3.8, 4) is 0 Å². The van der Waals surface area contributed by atoms with Crippen molar-refractivity contribution >= 4 is 17.6 Å². The van der Waals surface area contributed by atoms with Crippen molar-refractivity contribution in [2.75, 3.05) is 11.4 Å². The number of carboxylic acid groups (broad SMARTS) is 1. The fraction of sp³-hybridized carbons (Fsp3) is 0.273. The maximum absolute atomic E-state index is 11.2. The van der Waals surface area contributed by atoms with Crippen molar-refractivity contribution in [3.05, 3.63) is 29.8 Å². The molecule has 0 spiro atoms. The molecule has 1 aromatic carbocycles. The Morgan fingerprint density at radius 3 is 2.75 bits per heavy atom. The van der Waals surface area contributed by atoms with Gasteiger partial charge < -0.3 is 15.7 Å². The van der Waals surface area contributed by atoms with E-state index >= 15 is 0 Å². The molecule has 5 heteroatoms. The first kappa shape index (κ1) is 10.5. The predicted molar refractivity (Wildman–Crippen MR) is 58.1 cm³/mol. The van der Waals surface area contributed by atoms with E-state index in [1.54, 1.807) is 11.0 Å². The molecule has 1 aliphatic rings. The van der Waals surface area contributed by atoms with E-state index in [1.165, 1.54) is 0 Å². The third-order valence-electron chi connectivity index (χ3n) is 2.72. The highest BCUT2D eigenvalue weighted by atomic mass is 16.4. The van der Waals surface area contributed by atoms with Crippen LogP contribution in [0.3, 0.4) is 0 Å². The van der Waals surface area contributed by atoms with Gasteiger partial charge in [-0.15, -0.1) is 0 Å². The molecule has 0 saturated heterocycles. The van der Waals surface area contributed by atoms with Crippen LogP contribution in [-0.2, 0) is 16.0 Å². The first-order valence-electron chi connectivity index (χ1n) is 4.95. The summed E-state index contributed by atoms with van der Waals surface area (Å²) in [6.07, 6.45) is 0.485. The van der Waals surface area contributed by atoms with Crippen molar-refractivity contribution in [1.82, 2.24) is 0 Å². The Morgan fingerprint density at radius 2 is 2.12 bits per heavy atom. The molecule has 3 N–H and O–H groups in total. The van der Waals surface area contributed by atoms with Crippen molar-refractivity contribution in [2.45, 2.75) is 12.5 Å². The Morgan fingerprint density at radius 1 is 1.44 bits per heavy atom. The number of hydrogen-bond donors (Lipinski definition) is 2. The molecule has 1 heterocycles. The van der Waals surface area contributed by atoms with E-state index < -0.39 is 17.9 Å². The van der Waals surface area contributed by atoms with Crippen LogP contribution >= 0.6 is 0 Å². The van der Waals surface area contributed by atoms with Gasteiger partial charge in [-0.05, 0) is 11.6 Å². The van der Waals surface area contributed by atoms with Gasteiger partial charge in [-0.3, -0.25) is 9.59 Å². The van der Waals surface area contributed by atoms with Crippen LogP contribution in [0.1, 0.15) is 5.56 Å². The minimum absolute atomic E-state index is 0.204. The molecule has 1 amide bonds. The second-order valence-electron chi connectivity index (χ2n) is 3.77. The van der Waals surface area contributed by atoms with Crippen LogP contribution in [0.5, 0.6) is 0 Å². The molecule has 1 atom stereocenters. The number of rotatable bonds is 3. The second-order valence-corrected chi connectivity index (χ2v) is 3.77. The Bertz CT molecular complexity index is 445. The number of fused-ring (bicyclic) bond motifs is 1. The Balaban J connectivity index is 2.35. The van der Waals surface area contributed by atoms with E-state index in [4.69, 9.17) is 10.8 Å². The lowest BCUT2D eigenvalue weighted by Gasteiger charge is -2.23. The average molecular weight is 220 g/mol. The molecule has 0 fully saturated rings. The topological polar surface area (TPSA) is 83.6 Å². The lowest BCUT2D eigenvalue weighted by molar-refractivity contribution is -0.135. The summed E-state index contributed by atoms with van der Waals surface area (Å²) in [7, 11) is 0. The zero-order valence-electron chi connectivity index (χ0n) is 8.59. The maximum atomic E-state index is 11.2. The highest BCUT2D eigenvalue weighted by Crippen LogP contribution is 2.31. The van der Waals surface area contributed by atoms with Gasteiger partial charge in [0.15, 0.2) is 0 Å². The van der Waals surface area contributed by atoms with E-state index in [9.17, 15) is 9.59 Å². The lowest BCUT2D eigenvalue weighted by atomic mass is 10.1. The quantitative estimate of drug-likeness (QED) is 0.750. The van der Waals surface area contributed by atoms with E-state index in [1.807, 2.05) is 18.2 Å². The lowest BCUT2D eigenvalue weighted by Crippen LogP contribution is -2.45. The highest BCUT2D eigenvalue weighted by molar-refractivity contribution is 5.89. The van der Waals surface area contributed by atoms with Crippen molar-refractivity contribution in [3.63, 3.8) is 0 Å². The minimum atomic E-state index is -0.969. The number of amides is 1. The molecule has 5 nitrogen and oxygen atoms in total. The molecule has 0 saturated carbocycles. The zero-order chi connectivity index (χ0) is 11.7. The smallest absolute Gasteiger partial charge is 0.323 e. The maximum Gasteiger partial charge on any atom is 0.323 e. The first-order chi connectivity index (χ1) is 7.59. The second kappa shape index (κ2) is 3.84. The minimum Gasteiger partial charge on any atom is -0.480 e. The van der Waals surface area contributed by atoms with Gasteiger partial charge in [-0.2, -0.15) is 0 Å². The molecule has 0 bridgehead atoms. The molecular weight excluding hydrogens is 208 g/mol. The Kier molecular flexibility index (Phi) is 2.52. The van der Waals surface area contributed by atoms with Crippen LogP contribution in [0.4, 0.5) is 5.69 Å². The summed E-state index contributed by atoms with van der Waals surface area (Å²) >= 11 is 0. The molecular formula is C11H12N2O3. The Hall–Kier alpha value is -2.04. The number of benzene rings is 1. The fourth-order valence-electron chi connectivity index (χ4n) is 2.05. The monoisotopic (exact) mass is 220 g/mol. The van der Waals surface area contributed by atoms with Gasteiger partial charge >= 0.3 is 5.97 Å². The summed E-state index contributed by atoms with van der Waals surface area (Å²) in [5.41, 5.74) is 7.02. The van der Waals surface area contributed by atoms with Gasteiger partial charge in [0.05, 0.1) is 0 Å². The number of nitrogens with zero attached hydrogens (tertiary/aromatic N) is 1. The van der Waals surface area contributed by atoms with E-state index in [2.05, 4.69) is 0 Å². The summed E-state index contributed by atoms with van der Waals surface area (Å²) in [4.78, 5) is 23.5. The number of hydrogen-bond acceptors (Lipinski definition) is 3. The summed E-state index contributed by atoms with van der Waals surface area (Å²) in [6.45, 7) is -0.204. The van der Waals surface area contributed by atoms with Crippen LogP contribution in [0.25, 0.3) is 0 Å². The van der Waals surface area contributed by atoms with E-state index in [0.717, 1.165) is 11.3 Å². The number of primary amides is 1. The molecule has 0 unspecified atom stereocenters. The highest BCUT2D eigenvalue weighted by Gasteiger charge is 2.33. The number of aliphatic carboxylic acids is 1. The summed E-state index contributed by atoms with van der Waals surface area (Å²) in [6, 6.07) is 6.82. The van der Waals surface area contributed by atoms with Crippen molar-refractivity contribution < 1.29 is 14.7 Å². The van der Waals surface area contributed by atoms with Gasteiger partial charge in [0.2, 0.25) is 5.91 Å². The van der Waals surface area contributed by atoms with Gasteiger partial charge in [-0.25, -0.2) is 0 Å². The number of anilines is 1. The number of carbonyl (C=O) groups is 2. The molecule has 0 aromatic heterocycles. The van der Waals surface area contributed by atoms with Crippen LogP contribution < -0.4 is 10.6 Å². The van der Waals surface area contributed by atoms with Crippen LogP contribution in [0.15, 0.2) is 24.3 Å². The largest absolute Gasteiger partial charge is 0.480 e. The molecule has 1 aliphatic heterocycles. The summed E-state index contributed by atoms with van der Waals surface area (Å²) in [5.74, 6) is -1.46.